The Morgan fingerprint density at radius 1 is 1.45 bits per heavy atom. The smallest absolute Gasteiger partial charge is 0.315 e. The van der Waals surface area contributed by atoms with Crippen molar-refractivity contribution in [1.29, 1.82) is 0 Å². The summed E-state index contributed by atoms with van der Waals surface area (Å²) in [5, 5.41) is 10.6. The lowest BCUT2D eigenvalue weighted by atomic mass is 10.1. The van der Waals surface area contributed by atoms with E-state index in [0.29, 0.717) is 11.6 Å². The standard InChI is InChI=1S/C16H21ClN4O/c1-11(7-13-5-4-6-15(17)8-13)20-16(22)18-9-14-10-19-21(3)12(14)2/h4-6,8,10-11H,7,9H2,1-3H3,(H2,18,20,22). The molecule has 0 saturated carbocycles. The summed E-state index contributed by atoms with van der Waals surface area (Å²) in [5.41, 5.74) is 3.16. The summed E-state index contributed by atoms with van der Waals surface area (Å²) in [4.78, 5) is 11.9. The van der Waals surface area contributed by atoms with Crippen LogP contribution < -0.4 is 10.6 Å². The number of benzene rings is 1. The fourth-order valence-electron chi connectivity index (χ4n) is 2.24. The predicted molar refractivity (Wildman–Crippen MR) is 87.9 cm³/mol. The average Bonchev–Trinajstić information content (AvgIpc) is 2.76. The van der Waals surface area contributed by atoms with Crippen molar-refractivity contribution in [2.45, 2.75) is 32.9 Å². The Morgan fingerprint density at radius 2 is 2.23 bits per heavy atom. The Hall–Kier alpha value is -2.01. The second-order valence-corrected chi connectivity index (χ2v) is 5.88. The molecule has 1 heterocycles. The summed E-state index contributed by atoms with van der Waals surface area (Å²) >= 11 is 5.96. The van der Waals surface area contributed by atoms with Crippen molar-refractivity contribution in [3.8, 4) is 0 Å². The molecule has 0 saturated heterocycles. The molecule has 0 bridgehead atoms. The van der Waals surface area contributed by atoms with Gasteiger partial charge in [0, 0.05) is 35.9 Å². The predicted octanol–water partition coefficient (Wildman–Crippen LogP) is 2.81. The van der Waals surface area contributed by atoms with E-state index in [4.69, 9.17) is 11.6 Å². The molecule has 1 aromatic heterocycles. The van der Waals surface area contributed by atoms with Crippen LogP contribution in [0.15, 0.2) is 30.5 Å². The van der Waals surface area contributed by atoms with Gasteiger partial charge in [0.15, 0.2) is 0 Å². The van der Waals surface area contributed by atoms with Crippen LogP contribution >= 0.6 is 11.6 Å². The number of nitrogens with one attached hydrogen (secondary N) is 2. The first-order valence-corrected chi connectivity index (χ1v) is 7.60. The summed E-state index contributed by atoms with van der Waals surface area (Å²) in [6.45, 7) is 4.41. The van der Waals surface area contributed by atoms with Gasteiger partial charge in [0.25, 0.3) is 0 Å². The molecule has 1 unspecified atom stereocenters. The molecule has 2 N–H and O–H groups in total. The van der Waals surface area contributed by atoms with Crippen LogP contribution in [-0.2, 0) is 20.0 Å². The second-order valence-electron chi connectivity index (χ2n) is 5.44. The Morgan fingerprint density at radius 3 is 2.86 bits per heavy atom. The van der Waals surface area contributed by atoms with E-state index < -0.39 is 0 Å². The minimum Gasteiger partial charge on any atom is -0.335 e. The van der Waals surface area contributed by atoms with Gasteiger partial charge in [0.2, 0.25) is 0 Å². The zero-order valence-electron chi connectivity index (χ0n) is 13.1. The van der Waals surface area contributed by atoms with Gasteiger partial charge in [-0.1, -0.05) is 23.7 Å². The quantitative estimate of drug-likeness (QED) is 0.890. The molecule has 0 aliphatic carbocycles. The number of nitrogens with zero attached hydrogens (tertiary/aromatic N) is 2. The van der Waals surface area contributed by atoms with Gasteiger partial charge < -0.3 is 10.6 Å². The van der Waals surface area contributed by atoms with Crippen molar-refractivity contribution < 1.29 is 4.79 Å². The van der Waals surface area contributed by atoms with E-state index in [0.717, 1.165) is 23.2 Å². The highest BCUT2D eigenvalue weighted by Gasteiger charge is 2.09. The monoisotopic (exact) mass is 320 g/mol. The first-order valence-electron chi connectivity index (χ1n) is 7.22. The fourth-order valence-corrected chi connectivity index (χ4v) is 2.45. The molecule has 0 spiro atoms. The molecule has 0 fully saturated rings. The lowest BCUT2D eigenvalue weighted by molar-refractivity contribution is 0.237. The van der Waals surface area contributed by atoms with Crippen LogP contribution in [0.2, 0.25) is 5.02 Å². The minimum atomic E-state index is -0.183. The molecule has 5 nitrogen and oxygen atoms in total. The average molecular weight is 321 g/mol. The van der Waals surface area contributed by atoms with Crippen LogP contribution in [-0.4, -0.2) is 21.9 Å². The zero-order valence-corrected chi connectivity index (χ0v) is 13.8. The topological polar surface area (TPSA) is 59.0 Å². The third-order valence-corrected chi connectivity index (χ3v) is 3.82. The number of urea groups is 1. The van der Waals surface area contributed by atoms with Gasteiger partial charge in [-0.15, -0.1) is 0 Å². The lowest BCUT2D eigenvalue weighted by Gasteiger charge is -2.15. The van der Waals surface area contributed by atoms with Crippen LogP contribution in [0, 0.1) is 6.92 Å². The Bertz CT molecular complexity index is 653. The largest absolute Gasteiger partial charge is 0.335 e. The molecule has 0 aliphatic rings. The Balaban J connectivity index is 1.80. The van der Waals surface area contributed by atoms with Crippen LogP contribution in [0.1, 0.15) is 23.7 Å². The van der Waals surface area contributed by atoms with Crippen LogP contribution in [0.5, 0.6) is 0 Å². The number of carbonyl (C=O) groups excluding carboxylic acids is 1. The van der Waals surface area contributed by atoms with Crippen molar-refractivity contribution in [3.63, 3.8) is 0 Å². The summed E-state index contributed by atoms with van der Waals surface area (Å²) in [6, 6.07) is 7.51. The molecule has 2 amide bonds. The summed E-state index contributed by atoms with van der Waals surface area (Å²) in [5.74, 6) is 0. The van der Waals surface area contributed by atoms with Gasteiger partial charge in [-0.2, -0.15) is 5.10 Å². The van der Waals surface area contributed by atoms with Crippen LogP contribution in [0.3, 0.4) is 0 Å². The summed E-state index contributed by atoms with van der Waals surface area (Å²) in [7, 11) is 1.88. The third kappa shape index (κ3) is 4.49. The highest BCUT2D eigenvalue weighted by molar-refractivity contribution is 6.30. The van der Waals surface area contributed by atoms with Crippen molar-refractivity contribution in [2.24, 2.45) is 7.05 Å². The fraction of sp³-hybridized carbons (Fsp3) is 0.375. The van der Waals surface area contributed by atoms with Gasteiger partial charge in [-0.25, -0.2) is 4.79 Å². The molecule has 0 radical (unpaired) electrons. The number of hydrogen-bond acceptors (Lipinski definition) is 2. The van der Waals surface area contributed by atoms with Gasteiger partial charge >= 0.3 is 6.03 Å². The van der Waals surface area contributed by atoms with Crippen LogP contribution in [0.4, 0.5) is 4.79 Å². The van der Waals surface area contributed by atoms with E-state index in [9.17, 15) is 4.79 Å². The maximum atomic E-state index is 11.9. The van der Waals surface area contributed by atoms with Crippen LogP contribution in [0.25, 0.3) is 0 Å². The van der Waals surface area contributed by atoms with E-state index in [-0.39, 0.29) is 12.1 Å². The minimum absolute atomic E-state index is 0.0217. The van der Waals surface area contributed by atoms with Gasteiger partial charge in [-0.3, -0.25) is 4.68 Å². The highest BCUT2D eigenvalue weighted by Crippen LogP contribution is 2.12. The van der Waals surface area contributed by atoms with Gasteiger partial charge in [0.05, 0.1) is 6.20 Å². The van der Waals surface area contributed by atoms with E-state index in [1.165, 1.54) is 0 Å². The van der Waals surface area contributed by atoms with Crippen molar-refractivity contribution in [1.82, 2.24) is 20.4 Å². The second kappa shape index (κ2) is 7.31. The maximum absolute atomic E-state index is 11.9. The van der Waals surface area contributed by atoms with E-state index in [1.54, 1.807) is 10.9 Å². The maximum Gasteiger partial charge on any atom is 0.315 e. The SMILES string of the molecule is Cc1c(CNC(=O)NC(C)Cc2cccc(Cl)c2)cnn1C. The van der Waals surface area contributed by atoms with E-state index in [2.05, 4.69) is 15.7 Å². The van der Waals surface area contributed by atoms with E-state index in [1.807, 2.05) is 45.2 Å². The first-order chi connectivity index (χ1) is 10.5. The number of carbonyl (C=O) groups is 1. The molecule has 6 heteroatoms. The molecule has 22 heavy (non-hydrogen) atoms. The molecule has 1 atom stereocenters. The Kier molecular flexibility index (Phi) is 5.44. The molecular formula is C16H21ClN4O. The molecule has 2 aromatic rings. The Labute approximate surface area is 135 Å². The van der Waals surface area contributed by atoms with Crippen molar-refractivity contribution >= 4 is 17.6 Å². The number of aromatic nitrogens is 2. The molecular weight excluding hydrogens is 300 g/mol. The van der Waals surface area contributed by atoms with Crippen molar-refractivity contribution in [3.05, 3.63) is 52.3 Å². The number of amides is 2. The van der Waals surface area contributed by atoms with Gasteiger partial charge in [-0.05, 0) is 38.0 Å². The molecule has 0 aliphatic heterocycles. The highest BCUT2D eigenvalue weighted by atomic mass is 35.5. The third-order valence-electron chi connectivity index (χ3n) is 3.58. The van der Waals surface area contributed by atoms with E-state index >= 15 is 0 Å². The number of aryl methyl sites for hydroxylation is 1. The molecule has 118 valence electrons. The summed E-state index contributed by atoms with van der Waals surface area (Å²) < 4.78 is 1.79. The lowest BCUT2D eigenvalue weighted by Crippen LogP contribution is -2.41. The normalized spacial score (nSPS) is 12.0. The van der Waals surface area contributed by atoms with Gasteiger partial charge in [0.1, 0.15) is 0 Å². The first kappa shape index (κ1) is 16.4. The van der Waals surface area contributed by atoms with Crippen molar-refractivity contribution in [2.75, 3.05) is 0 Å². The zero-order chi connectivity index (χ0) is 16.1. The number of hydrogen-bond donors (Lipinski definition) is 2. The molecule has 2 rings (SSSR count). The number of rotatable bonds is 5. The molecule has 1 aromatic carbocycles. The number of halogens is 1. The summed E-state index contributed by atoms with van der Waals surface area (Å²) in [6.07, 6.45) is 2.50.